The monoisotopic (exact) mass is 496 g/mol. The maximum Gasteiger partial charge on any atom is 0.211 e. The van der Waals surface area contributed by atoms with Crippen LogP contribution in [0.3, 0.4) is 0 Å². The minimum absolute atomic E-state index is 0. The maximum atomic E-state index is 12.0. The average molecular weight is 496 g/mol. The zero-order valence-corrected chi connectivity index (χ0v) is 18.7. The predicted octanol–water partition coefficient (Wildman–Crippen LogP) is 0.0182. The van der Waals surface area contributed by atoms with Gasteiger partial charge in [-0.15, -0.1) is 24.0 Å². The molecule has 2 N–H and O–H groups in total. The van der Waals surface area contributed by atoms with Crippen molar-refractivity contribution in [1.82, 2.24) is 14.9 Å². The Morgan fingerprint density at radius 2 is 1.92 bits per heavy atom. The Balaban J connectivity index is 0.00000529. The van der Waals surface area contributed by atoms with Crippen LogP contribution in [0.25, 0.3) is 0 Å². The highest BCUT2D eigenvalue weighted by Crippen LogP contribution is 2.23. The largest absolute Gasteiger partial charge is 0.356 e. The quantitative estimate of drug-likeness (QED) is 0.232. The molecule has 0 radical (unpaired) electrons. The second kappa shape index (κ2) is 9.53. The molecular formula is C13H29IN4O4S2. The lowest BCUT2D eigenvalue weighted by molar-refractivity contribution is 0.353. The van der Waals surface area contributed by atoms with Gasteiger partial charge in [-0.3, -0.25) is 4.99 Å². The minimum Gasteiger partial charge on any atom is -0.356 e. The molecule has 0 unspecified atom stereocenters. The van der Waals surface area contributed by atoms with Gasteiger partial charge in [0.1, 0.15) is 0 Å². The number of rotatable bonds is 6. The molecule has 1 rings (SSSR count). The Labute approximate surface area is 162 Å². The normalized spacial score (nSPS) is 20.3. The van der Waals surface area contributed by atoms with E-state index in [0.717, 1.165) is 0 Å². The topological polar surface area (TPSA) is 108 Å². The molecule has 0 aliphatic carbocycles. The Morgan fingerprint density at radius 3 is 2.42 bits per heavy atom. The van der Waals surface area contributed by atoms with Crippen LogP contribution in [0.15, 0.2) is 4.99 Å². The van der Waals surface area contributed by atoms with Crippen molar-refractivity contribution < 1.29 is 16.8 Å². The van der Waals surface area contributed by atoms with E-state index in [2.05, 4.69) is 15.0 Å². The Hall–Kier alpha value is -0.140. The van der Waals surface area contributed by atoms with Crippen LogP contribution in [-0.4, -0.2) is 77.2 Å². The van der Waals surface area contributed by atoms with Crippen molar-refractivity contribution in [2.45, 2.75) is 31.9 Å². The number of nitrogens with one attached hydrogen (secondary N) is 2. The number of sulfonamides is 1. The van der Waals surface area contributed by atoms with Crippen molar-refractivity contribution >= 4 is 49.8 Å². The van der Waals surface area contributed by atoms with Crippen molar-refractivity contribution in [1.29, 1.82) is 0 Å². The molecule has 24 heavy (non-hydrogen) atoms. The standard InChI is InChI=1S/C13H28N4O4S2.HI/c1-5-23(20,21)16-8-6-7-15-12(14-4)17-9-10-22(18,19)13(2,3)11-17;/h16H,5-11H2,1-4H3,(H,14,15);1H. The van der Waals surface area contributed by atoms with Gasteiger partial charge in [0.05, 0.1) is 16.3 Å². The van der Waals surface area contributed by atoms with E-state index in [-0.39, 0.29) is 35.5 Å². The van der Waals surface area contributed by atoms with Gasteiger partial charge in [-0.25, -0.2) is 21.6 Å². The van der Waals surface area contributed by atoms with Crippen molar-refractivity contribution in [3.8, 4) is 0 Å². The van der Waals surface area contributed by atoms with Crippen LogP contribution in [0, 0.1) is 0 Å². The van der Waals surface area contributed by atoms with Gasteiger partial charge in [-0.2, -0.15) is 0 Å². The van der Waals surface area contributed by atoms with Gasteiger partial charge >= 0.3 is 0 Å². The molecule has 0 saturated carbocycles. The molecule has 0 bridgehead atoms. The van der Waals surface area contributed by atoms with Gasteiger partial charge < -0.3 is 10.2 Å². The molecule has 0 aromatic rings. The Morgan fingerprint density at radius 1 is 1.29 bits per heavy atom. The number of hydrogen-bond acceptors (Lipinski definition) is 5. The fraction of sp³-hybridized carbons (Fsp3) is 0.923. The average Bonchev–Trinajstić information content (AvgIpc) is 2.46. The van der Waals surface area contributed by atoms with Crippen molar-refractivity contribution in [3.05, 3.63) is 0 Å². The number of halogens is 1. The fourth-order valence-electron chi connectivity index (χ4n) is 2.28. The third kappa shape index (κ3) is 6.64. The van der Waals surface area contributed by atoms with Crippen LogP contribution in [0.4, 0.5) is 0 Å². The van der Waals surface area contributed by atoms with Gasteiger partial charge in [-0.1, -0.05) is 0 Å². The zero-order valence-electron chi connectivity index (χ0n) is 14.7. The van der Waals surface area contributed by atoms with Crippen LogP contribution in [-0.2, 0) is 19.9 Å². The smallest absolute Gasteiger partial charge is 0.211 e. The van der Waals surface area contributed by atoms with Crippen LogP contribution in [0.2, 0.25) is 0 Å². The lowest BCUT2D eigenvalue weighted by atomic mass is 10.2. The Bertz CT molecular complexity index is 632. The molecule has 0 amide bonds. The lowest BCUT2D eigenvalue weighted by Crippen LogP contribution is -2.57. The third-order valence-corrected chi connectivity index (χ3v) is 7.83. The van der Waals surface area contributed by atoms with Gasteiger partial charge in [-0.05, 0) is 27.2 Å². The molecule has 1 heterocycles. The first-order chi connectivity index (χ1) is 10.5. The summed E-state index contributed by atoms with van der Waals surface area (Å²) in [6, 6.07) is 0. The molecule has 1 aliphatic heterocycles. The first-order valence-corrected chi connectivity index (χ1v) is 11.0. The number of nitrogens with zero attached hydrogens (tertiary/aromatic N) is 2. The molecule has 0 atom stereocenters. The highest BCUT2D eigenvalue weighted by molar-refractivity contribution is 14.0. The molecule has 144 valence electrons. The van der Waals surface area contributed by atoms with Gasteiger partial charge in [0.25, 0.3) is 0 Å². The molecule has 11 heteroatoms. The van der Waals surface area contributed by atoms with Crippen LogP contribution in [0.5, 0.6) is 0 Å². The van der Waals surface area contributed by atoms with E-state index in [1.165, 1.54) is 0 Å². The first-order valence-electron chi connectivity index (χ1n) is 7.70. The summed E-state index contributed by atoms with van der Waals surface area (Å²) in [5.41, 5.74) is 0. The predicted molar refractivity (Wildman–Crippen MR) is 108 cm³/mol. The summed E-state index contributed by atoms with van der Waals surface area (Å²) >= 11 is 0. The maximum absolute atomic E-state index is 12.0. The highest BCUT2D eigenvalue weighted by Gasteiger charge is 2.40. The molecule has 0 aromatic carbocycles. The van der Waals surface area contributed by atoms with Crippen molar-refractivity contribution in [2.24, 2.45) is 4.99 Å². The summed E-state index contributed by atoms with van der Waals surface area (Å²) < 4.78 is 48.4. The SMILES string of the molecule is CCS(=O)(=O)NCCCNC(=NC)N1CCS(=O)(=O)C(C)(C)C1.I. The van der Waals surface area contributed by atoms with Crippen LogP contribution < -0.4 is 10.0 Å². The van der Waals surface area contributed by atoms with E-state index in [4.69, 9.17) is 0 Å². The molecule has 8 nitrogen and oxygen atoms in total. The number of aliphatic imine (C=N–C) groups is 1. The summed E-state index contributed by atoms with van der Waals surface area (Å²) in [4.78, 5) is 6.11. The van der Waals surface area contributed by atoms with E-state index >= 15 is 0 Å². The van der Waals surface area contributed by atoms with Gasteiger partial charge in [0, 0.05) is 33.2 Å². The van der Waals surface area contributed by atoms with E-state index in [1.54, 1.807) is 27.8 Å². The number of guanidine groups is 1. The van der Waals surface area contributed by atoms with Gasteiger partial charge in [0.15, 0.2) is 15.8 Å². The van der Waals surface area contributed by atoms with Crippen molar-refractivity contribution in [3.63, 3.8) is 0 Å². The van der Waals surface area contributed by atoms with E-state index in [0.29, 0.717) is 38.6 Å². The van der Waals surface area contributed by atoms with Crippen LogP contribution in [0.1, 0.15) is 27.2 Å². The van der Waals surface area contributed by atoms with E-state index < -0.39 is 24.6 Å². The molecule has 1 aliphatic rings. The second-order valence-electron chi connectivity index (χ2n) is 6.13. The fourth-order valence-corrected chi connectivity index (χ4v) is 4.30. The number of hydrogen-bond donors (Lipinski definition) is 2. The summed E-state index contributed by atoms with van der Waals surface area (Å²) in [7, 11) is -4.59. The van der Waals surface area contributed by atoms with E-state index in [9.17, 15) is 16.8 Å². The summed E-state index contributed by atoms with van der Waals surface area (Å²) in [5.74, 6) is 0.822. The summed E-state index contributed by atoms with van der Waals surface area (Å²) in [5, 5.41) is 3.15. The molecule has 1 saturated heterocycles. The van der Waals surface area contributed by atoms with Crippen molar-refractivity contribution in [2.75, 3.05) is 44.7 Å². The molecule has 0 aromatic heterocycles. The summed E-state index contributed by atoms with van der Waals surface area (Å²) in [6.45, 7) is 6.76. The molecule has 1 fully saturated rings. The molecule has 0 spiro atoms. The third-order valence-electron chi connectivity index (χ3n) is 3.89. The zero-order chi connectivity index (χ0) is 17.7. The lowest BCUT2D eigenvalue weighted by Gasteiger charge is -2.39. The summed E-state index contributed by atoms with van der Waals surface area (Å²) in [6.07, 6.45) is 0.619. The highest BCUT2D eigenvalue weighted by atomic mass is 127. The van der Waals surface area contributed by atoms with E-state index in [1.807, 2.05) is 4.90 Å². The minimum atomic E-state index is -3.16. The first kappa shape index (κ1) is 23.9. The number of sulfone groups is 1. The Kier molecular flexibility index (Phi) is 9.47. The second-order valence-corrected chi connectivity index (χ2v) is 11.0. The molecular weight excluding hydrogens is 467 g/mol. The van der Waals surface area contributed by atoms with Crippen LogP contribution >= 0.6 is 24.0 Å². The van der Waals surface area contributed by atoms with Gasteiger partial charge in [0.2, 0.25) is 10.0 Å².